The van der Waals surface area contributed by atoms with Gasteiger partial charge in [0.1, 0.15) is 0 Å². The lowest BCUT2D eigenvalue weighted by molar-refractivity contribution is 0.100. The highest BCUT2D eigenvalue weighted by atomic mass is 32.2. The summed E-state index contributed by atoms with van der Waals surface area (Å²) in [7, 11) is -0.986. The molecular formula is C26H34N4O3S2. The first-order valence-corrected chi connectivity index (χ1v) is 14.9. The lowest BCUT2D eigenvalue weighted by Gasteiger charge is -2.31. The molecule has 0 atom stereocenters. The first-order valence-electron chi connectivity index (χ1n) is 12.4. The number of hydrogen-bond donors (Lipinski definition) is 2. The first-order chi connectivity index (χ1) is 16.7. The summed E-state index contributed by atoms with van der Waals surface area (Å²) in [5.41, 5.74) is 10.3. The van der Waals surface area contributed by atoms with Gasteiger partial charge >= 0.3 is 0 Å². The van der Waals surface area contributed by atoms with Crippen molar-refractivity contribution < 1.29 is 13.2 Å². The third-order valence-electron chi connectivity index (χ3n) is 7.42. The van der Waals surface area contributed by atoms with Gasteiger partial charge in [0.05, 0.1) is 16.8 Å². The number of fused-ring (bicyclic) bond motifs is 1. The highest BCUT2D eigenvalue weighted by Crippen LogP contribution is 2.38. The van der Waals surface area contributed by atoms with Crippen LogP contribution in [0.15, 0.2) is 29.8 Å². The molecule has 1 aliphatic heterocycles. The Labute approximate surface area is 211 Å². The Kier molecular flexibility index (Phi) is 6.78. The first kappa shape index (κ1) is 24.5. The average Bonchev–Trinajstić information content (AvgIpc) is 3.35. The van der Waals surface area contributed by atoms with Crippen molar-refractivity contribution in [2.45, 2.75) is 45.1 Å². The van der Waals surface area contributed by atoms with Crippen molar-refractivity contribution in [3.63, 3.8) is 0 Å². The van der Waals surface area contributed by atoms with Crippen LogP contribution in [0.5, 0.6) is 0 Å². The molecule has 1 amide bonds. The number of carbonyl (C=O) groups excluding carboxylic acids is 1. The van der Waals surface area contributed by atoms with Gasteiger partial charge in [0.25, 0.3) is 5.91 Å². The second-order valence-corrected chi connectivity index (χ2v) is 13.3. The second kappa shape index (κ2) is 9.69. The molecule has 1 aromatic carbocycles. The number of primary amides is 1. The summed E-state index contributed by atoms with van der Waals surface area (Å²) in [6, 6.07) is 6.27. The molecule has 188 valence electrons. The monoisotopic (exact) mass is 514 g/mol. The van der Waals surface area contributed by atoms with Crippen LogP contribution in [0.2, 0.25) is 0 Å². The predicted octanol–water partition coefficient (Wildman–Crippen LogP) is 4.37. The number of carbonyl (C=O) groups is 1. The van der Waals surface area contributed by atoms with Gasteiger partial charge in [0.15, 0.2) is 0 Å². The molecule has 1 saturated heterocycles. The highest BCUT2D eigenvalue weighted by Gasteiger charge is 2.29. The largest absolute Gasteiger partial charge is 0.366 e. The number of rotatable bonds is 9. The van der Waals surface area contributed by atoms with E-state index < -0.39 is 15.9 Å². The van der Waals surface area contributed by atoms with Crippen molar-refractivity contribution in [2.75, 3.05) is 32.4 Å². The molecule has 2 fully saturated rings. The summed E-state index contributed by atoms with van der Waals surface area (Å²) in [4.78, 5) is 19.3. The molecule has 2 aromatic heterocycles. The Bertz CT molecular complexity index is 1330. The molecule has 5 rings (SSSR count). The van der Waals surface area contributed by atoms with Crippen molar-refractivity contribution in [3.8, 4) is 11.1 Å². The molecule has 0 unspecified atom stereocenters. The van der Waals surface area contributed by atoms with Crippen molar-refractivity contribution in [1.82, 2.24) is 14.2 Å². The van der Waals surface area contributed by atoms with Gasteiger partial charge in [-0.3, -0.25) is 4.79 Å². The van der Waals surface area contributed by atoms with E-state index >= 15 is 0 Å². The van der Waals surface area contributed by atoms with Gasteiger partial charge in [0.2, 0.25) is 10.0 Å². The maximum Gasteiger partial charge on any atom is 0.250 e. The molecule has 0 bridgehead atoms. The molecule has 2 aliphatic rings. The minimum atomic E-state index is -3.16. The van der Waals surface area contributed by atoms with Gasteiger partial charge in [0, 0.05) is 42.6 Å². The number of thiophene rings is 1. The molecule has 9 heteroatoms. The van der Waals surface area contributed by atoms with Crippen molar-refractivity contribution in [1.29, 1.82) is 0 Å². The van der Waals surface area contributed by atoms with Crippen molar-refractivity contribution >= 4 is 38.2 Å². The van der Waals surface area contributed by atoms with E-state index in [1.807, 2.05) is 12.3 Å². The molecule has 0 radical (unpaired) electrons. The number of amides is 1. The zero-order valence-electron chi connectivity index (χ0n) is 20.4. The quantitative estimate of drug-likeness (QED) is 0.443. The van der Waals surface area contributed by atoms with Crippen LogP contribution in [0.3, 0.4) is 0 Å². The number of H-pyrrole nitrogens is 1. The molecule has 1 saturated carbocycles. The molecule has 3 N–H and O–H groups in total. The number of nitrogens with zero attached hydrogens (tertiary/aromatic N) is 2. The Morgan fingerprint density at radius 1 is 1.17 bits per heavy atom. The molecule has 3 aromatic rings. The minimum absolute atomic E-state index is 0.134. The SMILES string of the molecule is CCS(=O)(=O)N1CCC(c2c[nH]c3c(C(N)=O)cc(-c4csc(CN(C)CC5CC5)c4)cc23)CC1. The van der Waals surface area contributed by atoms with E-state index in [0.29, 0.717) is 18.7 Å². The third kappa shape index (κ3) is 5.18. The molecule has 3 heterocycles. The fourth-order valence-electron chi connectivity index (χ4n) is 5.27. The molecule has 1 aliphatic carbocycles. The van der Waals surface area contributed by atoms with Crippen LogP contribution in [-0.4, -0.2) is 60.9 Å². The Balaban J connectivity index is 1.42. The number of benzene rings is 1. The fraction of sp³-hybridized carbons (Fsp3) is 0.500. The van der Waals surface area contributed by atoms with Crippen LogP contribution >= 0.6 is 11.3 Å². The standard InChI is InChI=1S/C26H34N4O3S2/c1-3-35(32,33)30-8-6-18(7-9-30)24-13-28-25-22(24)11-19(12-23(25)26(27)31)20-10-21(34-16-20)15-29(2)14-17-4-5-17/h10-13,16-18,28H,3-9,14-15H2,1-2H3,(H2,27,31). The number of aromatic nitrogens is 1. The normalized spacial score (nSPS) is 18.0. The van der Waals surface area contributed by atoms with Crippen LogP contribution < -0.4 is 5.73 Å². The number of nitrogens with one attached hydrogen (secondary N) is 1. The lowest BCUT2D eigenvalue weighted by atomic mass is 9.88. The van der Waals surface area contributed by atoms with Crippen LogP contribution in [0, 0.1) is 5.92 Å². The van der Waals surface area contributed by atoms with Crippen molar-refractivity contribution in [2.24, 2.45) is 11.7 Å². The zero-order valence-corrected chi connectivity index (χ0v) is 22.1. The minimum Gasteiger partial charge on any atom is -0.366 e. The van der Waals surface area contributed by atoms with Crippen LogP contribution in [0.1, 0.15) is 59.3 Å². The molecular weight excluding hydrogens is 480 g/mol. The number of piperidine rings is 1. The van der Waals surface area contributed by atoms with Gasteiger partial charge in [-0.15, -0.1) is 11.3 Å². The van der Waals surface area contributed by atoms with Crippen LogP contribution in [-0.2, 0) is 16.6 Å². The third-order valence-corrected chi connectivity index (χ3v) is 10.2. The van der Waals surface area contributed by atoms with E-state index in [1.54, 1.807) is 22.6 Å². The molecule has 7 nitrogen and oxygen atoms in total. The van der Waals surface area contributed by atoms with Crippen molar-refractivity contribution in [3.05, 3.63) is 45.8 Å². The summed E-state index contributed by atoms with van der Waals surface area (Å²) < 4.78 is 26.1. The van der Waals surface area contributed by atoms with E-state index in [0.717, 1.165) is 59.4 Å². The van der Waals surface area contributed by atoms with Crippen LogP contribution in [0.4, 0.5) is 0 Å². The van der Waals surface area contributed by atoms with E-state index in [-0.39, 0.29) is 11.7 Å². The van der Waals surface area contributed by atoms with Gasteiger partial charge < -0.3 is 15.6 Å². The highest BCUT2D eigenvalue weighted by molar-refractivity contribution is 7.89. The Hall–Kier alpha value is -2.20. The summed E-state index contributed by atoms with van der Waals surface area (Å²) in [6.07, 6.45) is 6.20. The Morgan fingerprint density at radius 2 is 1.91 bits per heavy atom. The summed E-state index contributed by atoms with van der Waals surface area (Å²) >= 11 is 1.75. The molecule has 0 spiro atoms. The number of aromatic amines is 1. The number of sulfonamides is 1. The second-order valence-electron chi connectivity index (χ2n) is 10.1. The van der Waals surface area contributed by atoms with Gasteiger partial charge in [-0.05, 0) is 91.8 Å². The fourth-order valence-corrected chi connectivity index (χ4v) is 7.37. The average molecular weight is 515 g/mol. The topological polar surface area (TPSA) is 99.5 Å². The van der Waals surface area contributed by atoms with E-state index in [1.165, 1.54) is 17.7 Å². The smallest absolute Gasteiger partial charge is 0.250 e. The molecule has 35 heavy (non-hydrogen) atoms. The van der Waals surface area contributed by atoms with Crippen LogP contribution in [0.25, 0.3) is 22.0 Å². The lowest BCUT2D eigenvalue weighted by Crippen LogP contribution is -2.38. The maximum atomic E-state index is 12.4. The predicted molar refractivity (Wildman–Crippen MR) is 142 cm³/mol. The van der Waals surface area contributed by atoms with Gasteiger partial charge in [-0.1, -0.05) is 0 Å². The summed E-state index contributed by atoms with van der Waals surface area (Å²) in [5.74, 6) is 0.779. The van der Waals surface area contributed by atoms with Gasteiger partial charge in [-0.25, -0.2) is 12.7 Å². The van der Waals surface area contributed by atoms with Gasteiger partial charge in [-0.2, -0.15) is 0 Å². The number of nitrogens with two attached hydrogens (primary N) is 1. The Morgan fingerprint density at radius 3 is 2.57 bits per heavy atom. The zero-order chi connectivity index (χ0) is 24.7. The summed E-state index contributed by atoms with van der Waals surface area (Å²) in [6.45, 7) is 4.82. The maximum absolute atomic E-state index is 12.4. The summed E-state index contributed by atoms with van der Waals surface area (Å²) in [5, 5.41) is 3.17. The van der Waals surface area contributed by atoms with E-state index in [2.05, 4.69) is 34.4 Å². The number of hydrogen-bond acceptors (Lipinski definition) is 5. The van der Waals surface area contributed by atoms with E-state index in [4.69, 9.17) is 5.73 Å². The van der Waals surface area contributed by atoms with E-state index in [9.17, 15) is 13.2 Å².